The van der Waals surface area contributed by atoms with Crippen molar-refractivity contribution >= 4 is 24.3 Å². The summed E-state index contributed by atoms with van der Waals surface area (Å²) in [4.78, 5) is 30.8. The largest absolute Gasteiger partial charge is 0.468 e. The zero-order chi connectivity index (χ0) is 30.4. The third-order valence-corrected chi connectivity index (χ3v) is 7.84. The van der Waals surface area contributed by atoms with Gasteiger partial charge in [0.05, 0.1) is 25.3 Å². The monoisotopic (exact) mass is 622 g/mol. The first-order valence-corrected chi connectivity index (χ1v) is 14.3. The van der Waals surface area contributed by atoms with E-state index in [9.17, 15) is 22.8 Å². The van der Waals surface area contributed by atoms with Crippen molar-refractivity contribution in [3.05, 3.63) is 120 Å². The zero-order valence-corrected chi connectivity index (χ0v) is 25.1. The normalized spacial score (nSPS) is 14.0. The van der Waals surface area contributed by atoms with Crippen molar-refractivity contribution in [2.45, 2.75) is 24.9 Å². The van der Waals surface area contributed by atoms with Gasteiger partial charge in [-0.1, -0.05) is 78.9 Å². The number of hydrogen-bond donors (Lipinski definition) is 0. The maximum Gasteiger partial charge on any atom is 0.416 e. The van der Waals surface area contributed by atoms with Gasteiger partial charge in [-0.15, -0.1) is 12.4 Å². The summed E-state index contributed by atoms with van der Waals surface area (Å²) in [6.07, 6.45) is -2.31. The van der Waals surface area contributed by atoms with E-state index in [0.29, 0.717) is 23.4 Å². The van der Waals surface area contributed by atoms with Crippen LogP contribution in [0.5, 0.6) is 0 Å². The number of carbonyl (C=O) groups is 2. The number of carbonyl (C=O) groups excluding carboxylic acids is 2. The molecule has 1 amide bonds. The smallest absolute Gasteiger partial charge is 0.416 e. The number of rotatable bonds is 9. The zero-order valence-electron chi connectivity index (χ0n) is 24.3. The van der Waals surface area contributed by atoms with Crippen LogP contribution in [0.4, 0.5) is 13.2 Å². The van der Waals surface area contributed by atoms with Crippen LogP contribution in [0.3, 0.4) is 0 Å². The number of amides is 1. The molecule has 0 saturated carbocycles. The van der Waals surface area contributed by atoms with E-state index in [-0.39, 0.29) is 24.9 Å². The number of hydrogen-bond acceptors (Lipinski definition) is 4. The van der Waals surface area contributed by atoms with Crippen molar-refractivity contribution in [1.29, 1.82) is 0 Å². The molecule has 1 saturated heterocycles. The molecular weight excluding hydrogens is 589 g/mol. The van der Waals surface area contributed by atoms with Gasteiger partial charge >= 0.3 is 12.1 Å². The van der Waals surface area contributed by atoms with Gasteiger partial charge in [0.25, 0.3) is 5.91 Å². The first-order valence-electron chi connectivity index (χ1n) is 14.3. The first kappa shape index (κ1) is 32.8. The van der Waals surface area contributed by atoms with Gasteiger partial charge in [0.1, 0.15) is 0 Å². The van der Waals surface area contributed by atoms with Crippen LogP contribution in [0, 0.1) is 0 Å². The Labute approximate surface area is 261 Å². The molecule has 5 rings (SSSR count). The number of halogens is 4. The minimum absolute atomic E-state index is 0. The summed E-state index contributed by atoms with van der Waals surface area (Å²) in [5, 5.41) is 0. The van der Waals surface area contributed by atoms with Crippen molar-refractivity contribution in [2.24, 2.45) is 0 Å². The number of nitrogens with zero attached hydrogens (tertiary/aromatic N) is 2. The molecule has 1 aliphatic heterocycles. The maximum atomic E-state index is 13.9. The Morgan fingerprint density at radius 3 is 1.80 bits per heavy atom. The van der Waals surface area contributed by atoms with E-state index >= 15 is 0 Å². The molecule has 0 aromatic heterocycles. The fraction of sp³-hybridized carbons (Fsp3) is 0.257. The Kier molecular flexibility index (Phi) is 10.8. The average molecular weight is 623 g/mol. The van der Waals surface area contributed by atoms with E-state index in [1.807, 2.05) is 54.6 Å². The second-order valence-corrected chi connectivity index (χ2v) is 10.7. The van der Waals surface area contributed by atoms with E-state index in [4.69, 9.17) is 4.74 Å². The van der Waals surface area contributed by atoms with Crippen LogP contribution in [0.15, 0.2) is 103 Å². The van der Waals surface area contributed by atoms with Crippen LogP contribution in [0.1, 0.15) is 40.2 Å². The van der Waals surface area contributed by atoms with Crippen LogP contribution in [0.2, 0.25) is 0 Å². The summed E-state index contributed by atoms with van der Waals surface area (Å²) in [6, 6.07) is 29.4. The lowest BCUT2D eigenvalue weighted by atomic mass is 9.95. The summed E-state index contributed by atoms with van der Waals surface area (Å²) >= 11 is 0. The molecule has 1 fully saturated rings. The maximum absolute atomic E-state index is 13.9. The molecule has 1 atom stereocenters. The Morgan fingerprint density at radius 2 is 1.27 bits per heavy atom. The molecule has 5 nitrogen and oxygen atoms in total. The second-order valence-electron chi connectivity index (χ2n) is 10.7. The molecule has 230 valence electrons. The van der Waals surface area contributed by atoms with Crippen LogP contribution in [-0.2, 0) is 15.7 Å². The highest BCUT2D eigenvalue weighted by Gasteiger charge is 2.31. The SMILES string of the molecule is COC(=O)C(CN(CN1CCCC1)C(=O)c1ccc(-c2ccc(C(F)(F)F)cc2)cc1)c1ccc(-c2ccccc2)cc1.Cl. The molecule has 4 aromatic carbocycles. The molecule has 4 aromatic rings. The summed E-state index contributed by atoms with van der Waals surface area (Å²) in [7, 11) is 1.35. The van der Waals surface area contributed by atoms with E-state index in [0.717, 1.165) is 54.8 Å². The standard InChI is InChI=1S/C35H33F3N2O3.ClH/c1-43-34(42)32(29-13-9-26(10-14-29)25-7-3-2-4-8-25)23-40(24-39-21-5-6-22-39)33(41)30-15-11-27(12-16-30)28-17-19-31(20-18-28)35(36,37)38;/h2-4,7-20,32H,5-6,21-24H2,1H3;1H. The summed E-state index contributed by atoms with van der Waals surface area (Å²) in [5.41, 5.74) is 3.87. The predicted octanol–water partition coefficient (Wildman–Crippen LogP) is 7.91. The summed E-state index contributed by atoms with van der Waals surface area (Å²) in [6.45, 7) is 2.24. The van der Waals surface area contributed by atoms with Crippen molar-refractivity contribution in [3.63, 3.8) is 0 Å². The second kappa shape index (κ2) is 14.6. The molecule has 1 unspecified atom stereocenters. The Morgan fingerprint density at radius 1 is 0.773 bits per heavy atom. The van der Waals surface area contributed by atoms with Gasteiger partial charge in [-0.05, 0) is 78.0 Å². The lowest BCUT2D eigenvalue weighted by Crippen LogP contribution is -2.43. The Bertz CT molecular complexity index is 1520. The topological polar surface area (TPSA) is 49.9 Å². The Balaban J connectivity index is 0.00000442. The van der Waals surface area contributed by atoms with Gasteiger partial charge < -0.3 is 9.64 Å². The predicted molar refractivity (Wildman–Crippen MR) is 167 cm³/mol. The van der Waals surface area contributed by atoms with Gasteiger partial charge in [-0.3, -0.25) is 14.5 Å². The highest BCUT2D eigenvalue weighted by Crippen LogP contribution is 2.31. The molecule has 1 heterocycles. The number of methoxy groups -OCH3 is 1. The highest BCUT2D eigenvalue weighted by atomic mass is 35.5. The summed E-state index contributed by atoms with van der Waals surface area (Å²) < 4.78 is 44.1. The minimum Gasteiger partial charge on any atom is -0.468 e. The molecule has 0 spiro atoms. The fourth-order valence-electron chi connectivity index (χ4n) is 5.43. The third kappa shape index (κ3) is 7.87. The molecular formula is C35H34ClF3N2O3. The highest BCUT2D eigenvalue weighted by molar-refractivity contribution is 5.95. The van der Waals surface area contributed by atoms with E-state index in [2.05, 4.69) is 4.90 Å². The fourth-order valence-corrected chi connectivity index (χ4v) is 5.43. The van der Waals surface area contributed by atoms with Crippen LogP contribution in [0.25, 0.3) is 22.3 Å². The molecule has 0 bridgehead atoms. The summed E-state index contributed by atoms with van der Waals surface area (Å²) in [5.74, 6) is -1.35. The van der Waals surface area contributed by atoms with Crippen molar-refractivity contribution in [3.8, 4) is 22.3 Å². The van der Waals surface area contributed by atoms with Crippen molar-refractivity contribution in [2.75, 3.05) is 33.4 Å². The minimum atomic E-state index is -4.40. The quantitative estimate of drug-likeness (QED) is 0.178. The molecule has 9 heteroatoms. The molecule has 0 radical (unpaired) electrons. The number of alkyl halides is 3. The first-order chi connectivity index (χ1) is 20.7. The average Bonchev–Trinajstić information content (AvgIpc) is 3.56. The lowest BCUT2D eigenvalue weighted by Gasteiger charge is -2.30. The molecule has 0 aliphatic carbocycles. The Hall–Kier alpha value is -4.14. The van der Waals surface area contributed by atoms with Gasteiger partial charge in [-0.25, -0.2) is 0 Å². The van der Waals surface area contributed by atoms with Crippen LogP contribution >= 0.6 is 12.4 Å². The number of likely N-dealkylation sites (tertiary alicyclic amines) is 1. The van der Waals surface area contributed by atoms with Gasteiger partial charge in [0.15, 0.2) is 0 Å². The van der Waals surface area contributed by atoms with Crippen LogP contribution in [-0.4, -0.2) is 55.1 Å². The molecule has 0 N–H and O–H groups in total. The van der Waals surface area contributed by atoms with E-state index in [1.54, 1.807) is 29.2 Å². The number of esters is 1. The molecule has 1 aliphatic rings. The van der Waals surface area contributed by atoms with E-state index < -0.39 is 23.6 Å². The van der Waals surface area contributed by atoms with Crippen LogP contribution < -0.4 is 0 Å². The van der Waals surface area contributed by atoms with Gasteiger partial charge in [0.2, 0.25) is 0 Å². The van der Waals surface area contributed by atoms with Gasteiger partial charge in [-0.2, -0.15) is 13.2 Å². The van der Waals surface area contributed by atoms with Gasteiger partial charge in [0, 0.05) is 12.1 Å². The lowest BCUT2D eigenvalue weighted by molar-refractivity contribution is -0.143. The van der Waals surface area contributed by atoms with Crippen molar-refractivity contribution in [1.82, 2.24) is 9.80 Å². The number of benzene rings is 4. The third-order valence-electron chi connectivity index (χ3n) is 7.84. The van der Waals surface area contributed by atoms with Crippen molar-refractivity contribution < 1.29 is 27.5 Å². The van der Waals surface area contributed by atoms with E-state index in [1.165, 1.54) is 19.2 Å². The molecule has 44 heavy (non-hydrogen) atoms. The number of ether oxygens (including phenoxy) is 1.